The Morgan fingerprint density at radius 1 is 1.07 bits per heavy atom. The molecule has 1 amide bonds. The first-order valence-corrected chi connectivity index (χ1v) is 13.4. The molecule has 0 atom stereocenters. The highest BCUT2D eigenvalue weighted by Gasteiger charge is 2.36. The van der Waals surface area contributed by atoms with E-state index < -0.39 is 29.3 Å². The Balaban J connectivity index is 1.30. The zero-order chi connectivity index (χ0) is 30.4. The lowest BCUT2D eigenvalue weighted by molar-refractivity contribution is -0.929. The molecule has 0 spiro atoms. The van der Waals surface area contributed by atoms with Crippen LogP contribution in [0.4, 0.5) is 29.1 Å². The molecule has 0 unspecified atom stereocenters. The number of fused-ring (bicyclic) bond motifs is 1. The van der Waals surface area contributed by atoms with E-state index in [0.29, 0.717) is 35.8 Å². The van der Waals surface area contributed by atoms with E-state index in [1.807, 2.05) is 24.3 Å². The summed E-state index contributed by atoms with van der Waals surface area (Å²) in [7, 11) is 2.16. The van der Waals surface area contributed by atoms with Crippen LogP contribution in [-0.4, -0.2) is 58.7 Å². The van der Waals surface area contributed by atoms with E-state index in [-0.39, 0.29) is 17.2 Å². The first-order valence-electron chi connectivity index (χ1n) is 13.4. The Kier molecular flexibility index (Phi) is 7.14. The number of carbonyl (C=O) groups excluding carboxylic acids is 1. The molecule has 3 heterocycles. The quantitative estimate of drug-likeness (QED) is 0.194. The number of morpholine rings is 1. The van der Waals surface area contributed by atoms with Gasteiger partial charge in [-0.2, -0.15) is 18.3 Å². The number of alkyl halides is 3. The molecular weight excluding hydrogens is 568 g/mol. The molecule has 0 saturated carbocycles. The van der Waals surface area contributed by atoms with Crippen LogP contribution < -0.4 is 11.1 Å². The first-order chi connectivity index (χ1) is 20.5. The third-order valence-corrected chi connectivity index (χ3v) is 7.61. The fourth-order valence-electron chi connectivity index (χ4n) is 5.22. The molecule has 9 nitrogen and oxygen atoms in total. The zero-order valence-electron chi connectivity index (χ0n) is 23.0. The number of nitrogens with zero attached hydrogens (tertiary/aromatic N) is 4. The minimum Gasteiger partial charge on any atom is -0.380 e. The van der Waals surface area contributed by atoms with Gasteiger partial charge in [-0.3, -0.25) is 4.79 Å². The number of halogens is 4. The van der Waals surface area contributed by atoms with E-state index in [4.69, 9.17) is 15.0 Å². The van der Waals surface area contributed by atoms with E-state index in [1.54, 1.807) is 6.07 Å². The van der Waals surface area contributed by atoms with E-state index >= 15 is 4.39 Å². The van der Waals surface area contributed by atoms with Crippen LogP contribution in [0.25, 0.3) is 27.8 Å². The summed E-state index contributed by atoms with van der Waals surface area (Å²) in [6.45, 7) is 3.81. The lowest BCUT2D eigenvalue weighted by atomic mass is 9.98. The topological polar surface area (TPSA) is 108 Å². The summed E-state index contributed by atoms with van der Waals surface area (Å²) in [6, 6.07) is 16.9. The summed E-state index contributed by atoms with van der Waals surface area (Å²) in [5, 5.41) is 9.97. The third-order valence-electron chi connectivity index (χ3n) is 7.61. The number of benzene rings is 3. The van der Waals surface area contributed by atoms with Crippen molar-refractivity contribution in [2.75, 3.05) is 44.4 Å². The van der Waals surface area contributed by atoms with Crippen molar-refractivity contribution in [3.63, 3.8) is 0 Å². The van der Waals surface area contributed by atoms with Gasteiger partial charge in [0.15, 0.2) is 17.1 Å². The standard InChI is InChI=1S/C30H26F4N6O3/c1-40(10-12-42-13-11-40)17-19-4-2-3-5-21(19)18-6-8-24(23(31)14-18)36-29(41)25-16-27(30(32,33)34)37-39(25)20-7-9-26-22(15-20)28(35)38-43-26/h2-9,14-16H,10-13,17H2,1H3,(H2-,35,36,38,41)/p+1. The molecule has 0 bridgehead atoms. The highest BCUT2D eigenvalue weighted by Crippen LogP contribution is 2.33. The molecule has 13 heteroatoms. The normalized spacial score (nSPS) is 15.1. The molecule has 43 heavy (non-hydrogen) atoms. The summed E-state index contributed by atoms with van der Waals surface area (Å²) in [5.41, 5.74) is 6.75. The summed E-state index contributed by atoms with van der Waals surface area (Å²) < 4.78 is 68.4. The Hall–Kier alpha value is -4.75. The van der Waals surface area contributed by atoms with Gasteiger partial charge in [-0.15, -0.1) is 0 Å². The van der Waals surface area contributed by atoms with Crippen molar-refractivity contribution < 1.29 is 36.1 Å². The van der Waals surface area contributed by atoms with Crippen LogP contribution in [0, 0.1) is 5.82 Å². The Morgan fingerprint density at radius 3 is 2.58 bits per heavy atom. The lowest BCUT2D eigenvalue weighted by Gasteiger charge is -2.38. The molecule has 3 N–H and O–H groups in total. The maximum absolute atomic E-state index is 15.4. The predicted molar refractivity (Wildman–Crippen MR) is 151 cm³/mol. The van der Waals surface area contributed by atoms with E-state index in [0.717, 1.165) is 39.9 Å². The number of nitrogen functional groups attached to an aromatic ring is 1. The Morgan fingerprint density at radius 2 is 1.84 bits per heavy atom. The van der Waals surface area contributed by atoms with E-state index in [9.17, 15) is 18.0 Å². The number of quaternary nitrogens is 1. The van der Waals surface area contributed by atoms with Gasteiger partial charge in [0.2, 0.25) is 0 Å². The molecule has 2 aromatic heterocycles. The lowest BCUT2D eigenvalue weighted by Crippen LogP contribution is -2.51. The molecule has 3 aromatic carbocycles. The summed E-state index contributed by atoms with van der Waals surface area (Å²) in [6.07, 6.45) is -4.83. The van der Waals surface area contributed by atoms with Crippen molar-refractivity contribution in [3.05, 3.63) is 89.5 Å². The molecular formula is C30H27F4N6O3+. The Bertz CT molecular complexity index is 1820. The molecule has 222 valence electrons. The fourth-order valence-corrected chi connectivity index (χ4v) is 5.22. The van der Waals surface area contributed by atoms with Crippen molar-refractivity contribution >= 4 is 28.4 Å². The minimum atomic E-state index is -4.83. The second kappa shape index (κ2) is 10.8. The van der Waals surface area contributed by atoms with Crippen molar-refractivity contribution in [3.8, 4) is 16.8 Å². The summed E-state index contributed by atoms with van der Waals surface area (Å²) >= 11 is 0. The number of nitrogens with one attached hydrogen (secondary N) is 1. The number of nitrogens with two attached hydrogens (primary N) is 1. The molecule has 1 saturated heterocycles. The van der Waals surface area contributed by atoms with Gasteiger partial charge in [-0.1, -0.05) is 35.5 Å². The van der Waals surface area contributed by atoms with Gasteiger partial charge >= 0.3 is 6.18 Å². The summed E-state index contributed by atoms with van der Waals surface area (Å²) in [4.78, 5) is 13.3. The maximum atomic E-state index is 15.4. The average molecular weight is 596 g/mol. The monoisotopic (exact) mass is 595 g/mol. The Labute approximate surface area is 243 Å². The van der Waals surface area contributed by atoms with Crippen LogP contribution in [0.3, 0.4) is 0 Å². The molecule has 1 aliphatic rings. The number of ether oxygens (including phenoxy) is 1. The minimum absolute atomic E-state index is 0.0237. The van der Waals surface area contributed by atoms with Gasteiger partial charge in [0.25, 0.3) is 5.91 Å². The van der Waals surface area contributed by atoms with Crippen molar-refractivity contribution in [2.45, 2.75) is 12.7 Å². The van der Waals surface area contributed by atoms with Crippen molar-refractivity contribution in [1.29, 1.82) is 0 Å². The van der Waals surface area contributed by atoms with Gasteiger partial charge in [-0.25, -0.2) is 9.07 Å². The van der Waals surface area contributed by atoms with Crippen molar-refractivity contribution in [1.82, 2.24) is 14.9 Å². The van der Waals surface area contributed by atoms with Crippen LogP contribution in [0.2, 0.25) is 0 Å². The van der Waals surface area contributed by atoms with Gasteiger partial charge in [0, 0.05) is 11.6 Å². The zero-order valence-corrected chi connectivity index (χ0v) is 23.0. The van der Waals surface area contributed by atoms with Gasteiger partial charge in [0.05, 0.1) is 37.0 Å². The first kappa shape index (κ1) is 28.4. The van der Waals surface area contributed by atoms with Gasteiger partial charge in [0.1, 0.15) is 31.1 Å². The highest BCUT2D eigenvalue weighted by molar-refractivity contribution is 6.04. The number of likely N-dealkylation sites (N-methyl/N-ethyl adjacent to an activating group) is 1. The number of anilines is 2. The highest BCUT2D eigenvalue weighted by atomic mass is 19.4. The number of hydrogen-bond acceptors (Lipinski definition) is 6. The molecule has 1 fully saturated rings. The molecule has 1 aliphatic heterocycles. The number of hydrogen-bond donors (Lipinski definition) is 2. The van der Waals surface area contributed by atoms with Crippen LogP contribution in [0.5, 0.6) is 0 Å². The van der Waals surface area contributed by atoms with Crippen LogP contribution in [-0.2, 0) is 17.5 Å². The van der Waals surface area contributed by atoms with Crippen LogP contribution >= 0.6 is 0 Å². The predicted octanol–water partition coefficient (Wildman–Crippen LogP) is 5.65. The number of amides is 1. The summed E-state index contributed by atoms with van der Waals surface area (Å²) in [5.74, 6) is -1.71. The molecule has 0 aliphatic carbocycles. The largest absolute Gasteiger partial charge is 0.435 e. The second-order valence-corrected chi connectivity index (χ2v) is 10.7. The van der Waals surface area contributed by atoms with Crippen molar-refractivity contribution in [2.24, 2.45) is 0 Å². The average Bonchev–Trinajstić information content (AvgIpc) is 3.59. The second-order valence-electron chi connectivity index (χ2n) is 10.7. The molecule has 0 radical (unpaired) electrons. The number of rotatable bonds is 6. The smallest absolute Gasteiger partial charge is 0.380 e. The SMILES string of the molecule is C[N+]1(Cc2ccccc2-c2ccc(NC(=O)c3cc(C(F)(F)F)nn3-c3ccc4onc(N)c4c3)c(F)c2)CCOCC1. The van der Waals surface area contributed by atoms with E-state index in [2.05, 4.69) is 22.6 Å². The van der Waals surface area contributed by atoms with Crippen LogP contribution in [0.15, 0.2) is 71.3 Å². The fraction of sp³-hybridized carbons (Fsp3) is 0.233. The van der Waals surface area contributed by atoms with Crippen LogP contribution in [0.1, 0.15) is 21.7 Å². The number of aromatic nitrogens is 3. The van der Waals surface area contributed by atoms with Gasteiger partial charge < -0.3 is 24.8 Å². The maximum Gasteiger partial charge on any atom is 0.435 e. The number of carbonyl (C=O) groups is 1. The van der Waals surface area contributed by atoms with Gasteiger partial charge in [-0.05, 0) is 41.5 Å². The van der Waals surface area contributed by atoms with E-state index in [1.165, 1.54) is 30.3 Å². The third kappa shape index (κ3) is 5.68. The molecule has 6 rings (SSSR count). The molecule has 5 aromatic rings.